The smallest absolute Gasteiger partial charge is 0.0270 e. The van der Waals surface area contributed by atoms with Crippen molar-refractivity contribution in [3.05, 3.63) is 108 Å². The highest BCUT2D eigenvalue weighted by molar-refractivity contribution is 5.93. The van der Waals surface area contributed by atoms with Gasteiger partial charge in [-0.2, -0.15) is 0 Å². The van der Waals surface area contributed by atoms with Crippen LogP contribution < -0.4 is 0 Å². The average Bonchev–Trinajstić information content (AvgIpc) is 2.95. The molecule has 1 saturated carbocycles. The van der Waals surface area contributed by atoms with Gasteiger partial charge in [-0.05, 0) is 81.0 Å². The molecule has 4 aromatic rings. The largest absolute Gasteiger partial charge is 0.265 e. The van der Waals surface area contributed by atoms with Crippen LogP contribution in [0.25, 0.3) is 10.8 Å². The van der Waals surface area contributed by atoms with Gasteiger partial charge in [-0.1, -0.05) is 36.4 Å². The number of hydrogen-bond acceptors (Lipinski definition) is 2. The van der Waals surface area contributed by atoms with Crippen LogP contribution in [0, 0.1) is 0 Å². The van der Waals surface area contributed by atoms with Crippen molar-refractivity contribution < 1.29 is 0 Å². The van der Waals surface area contributed by atoms with Gasteiger partial charge in [0, 0.05) is 24.8 Å². The van der Waals surface area contributed by atoms with Gasteiger partial charge in [-0.25, -0.2) is 0 Å². The molecule has 2 heteroatoms. The molecule has 0 unspecified atom stereocenters. The Hall–Kier alpha value is -3.00. The molecular formula is C24H18N2. The summed E-state index contributed by atoms with van der Waals surface area (Å²) in [4.78, 5) is 8.48. The fraction of sp³-hybridized carbons (Fsp3) is 0.167. The van der Waals surface area contributed by atoms with E-state index < -0.39 is 0 Å². The SMILES string of the molecule is c1cc2c3c(cccc3c1)[C@H]1[C@H](c3ccncc3)[C@H](c3ccncc3)[C@@H]21. The quantitative estimate of drug-likeness (QED) is 0.491. The minimum absolute atomic E-state index is 0.489. The van der Waals surface area contributed by atoms with E-state index in [0.717, 1.165) is 0 Å². The third-order valence-electron chi connectivity index (χ3n) is 6.42. The average molecular weight is 334 g/mol. The van der Waals surface area contributed by atoms with Crippen molar-refractivity contribution >= 4 is 10.8 Å². The molecule has 6 rings (SSSR count). The first-order valence-corrected chi connectivity index (χ1v) is 9.25. The molecule has 0 N–H and O–H groups in total. The molecular weight excluding hydrogens is 316 g/mol. The van der Waals surface area contributed by atoms with Crippen LogP contribution in [0.2, 0.25) is 0 Å². The Morgan fingerprint density at radius 3 is 1.42 bits per heavy atom. The molecule has 1 fully saturated rings. The van der Waals surface area contributed by atoms with E-state index in [-0.39, 0.29) is 0 Å². The first-order valence-electron chi connectivity index (χ1n) is 9.25. The van der Waals surface area contributed by atoms with Crippen molar-refractivity contribution in [2.24, 2.45) is 0 Å². The van der Waals surface area contributed by atoms with Crippen LogP contribution in [-0.2, 0) is 0 Å². The highest BCUT2D eigenvalue weighted by Gasteiger charge is 2.56. The van der Waals surface area contributed by atoms with E-state index in [2.05, 4.69) is 70.6 Å². The lowest BCUT2D eigenvalue weighted by Crippen LogP contribution is -2.37. The minimum Gasteiger partial charge on any atom is -0.265 e. The Bertz CT molecular complexity index is 1020. The number of pyridine rings is 2. The first-order chi connectivity index (χ1) is 12.9. The second-order valence-electron chi connectivity index (χ2n) is 7.46. The molecule has 4 atom stereocenters. The number of fused-ring (bicyclic) bond motifs is 3. The fourth-order valence-electron chi connectivity index (χ4n) is 5.48. The van der Waals surface area contributed by atoms with Gasteiger partial charge in [0.1, 0.15) is 0 Å². The van der Waals surface area contributed by atoms with E-state index in [1.54, 1.807) is 0 Å². The molecule has 2 aromatic heterocycles. The minimum atomic E-state index is 0.489. The first kappa shape index (κ1) is 14.2. The molecule has 2 heterocycles. The van der Waals surface area contributed by atoms with Gasteiger partial charge in [-0.15, -0.1) is 0 Å². The second-order valence-corrected chi connectivity index (χ2v) is 7.46. The highest BCUT2D eigenvalue weighted by Crippen LogP contribution is 2.70. The van der Waals surface area contributed by atoms with E-state index in [0.29, 0.717) is 23.7 Å². The molecule has 2 aromatic carbocycles. The maximum Gasteiger partial charge on any atom is 0.0270 e. The summed E-state index contributed by atoms with van der Waals surface area (Å²) in [6, 6.07) is 22.4. The van der Waals surface area contributed by atoms with Crippen LogP contribution in [0.15, 0.2) is 85.5 Å². The number of hydrogen-bond donors (Lipinski definition) is 0. The van der Waals surface area contributed by atoms with Crippen molar-refractivity contribution in [2.45, 2.75) is 23.7 Å². The lowest BCUT2D eigenvalue weighted by molar-refractivity contribution is 0.240. The van der Waals surface area contributed by atoms with Crippen LogP contribution in [0.3, 0.4) is 0 Å². The Morgan fingerprint density at radius 1 is 0.500 bits per heavy atom. The number of nitrogens with zero attached hydrogens (tertiary/aromatic N) is 2. The third kappa shape index (κ3) is 1.76. The van der Waals surface area contributed by atoms with E-state index in [1.165, 1.54) is 33.0 Å². The van der Waals surface area contributed by atoms with Gasteiger partial charge in [0.2, 0.25) is 0 Å². The number of rotatable bonds is 2. The van der Waals surface area contributed by atoms with Crippen molar-refractivity contribution in [1.29, 1.82) is 0 Å². The summed E-state index contributed by atoms with van der Waals surface area (Å²) in [5, 5.41) is 2.86. The van der Waals surface area contributed by atoms with E-state index in [4.69, 9.17) is 0 Å². The Balaban J connectivity index is 1.59. The van der Waals surface area contributed by atoms with Crippen molar-refractivity contribution in [2.75, 3.05) is 0 Å². The van der Waals surface area contributed by atoms with Crippen LogP contribution in [0.1, 0.15) is 45.9 Å². The van der Waals surface area contributed by atoms with Gasteiger partial charge in [0.15, 0.2) is 0 Å². The van der Waals surface area contributed by atoms with E-state index in [1.807, 2.05) is 24.8 Å². The monoisotopic (exact) mass is 334 g/mol. The van der Waals surface area contributed by atoms with Crippen molar-refractivity contribution in [3.63, 3.8) is 0 Å². The standard InChI is InChI=1S/C24H18N2/c1-3-15-4-2-6-19-20(15)18(5-1)23-21(16-7-11-25-12-8-16)22(24(19)23)17-9-13-26-14-10-17/h1-14,21-24H/t21-,22+,23+,24-. The summed E-state index contributed by atoms with van der Waals surface area (Å²) in [7, 11) is 0. The summed E-state index contributed by atoms with van der Waals surface area (Å²) in [6.45, 7) is 0. The molecule has 2 aliphatic carbocycles. The molecule has 124 valence electrons. The molecule has 0 radical (unpaired) electrons. The maximum atomic E-state index is 4.24. The van der Waals surface area contributed by atoms with Gasteiger partial charge < -0.3 is 0 Å². The highest BCUT2D eigenvalue weighted by atomic mass is 14.6. The van der Waals surface area contributed by atoms with Crippen molar-refractivity contribution in [1.82, 2.24) is 9.97 Å². The Morgan fingerprint density at radius 2 is 0.962 bits per heavy atom. The topological polar surface area (TPSA) is 25.8 Å². The third-order valence-corrected chi connectivity index (χ3v) is 6.42. The zero-order valence-electron chi connectivity index (χ0n) is 14.3. The van der Waals surface area contributed by atoms with Gasteiger partial charge >= 0.3 is 0 Å². The lowest BCUT2D eigenvalue weighted by Gasteiger charge is -2.50. The second kappa shape index (κ2) is 5.25. The maximum absolute atomic E-state index is 4.24. The predicted octanol–water partition coefficient (Wildman–Crippen LogP) is 5.39. The van der Waals surface area contributed by atoms with Gasteiger partial charge in [0.25, 0.3) is 0 Å². The Labute approximate surface area is 152 Å². The molecule has 0 spiro atoms. The molecule has 0 saturated heterocycles. The molecule has 2 aliphatic rings. The summed E-state index contributed by atoms with van der Waals surface area (Å²) in [5.41, 5.74) is 5.84. The van der Waals surface area contributed by atoms with Crippen LogP contribution in [0.5, 0.6) is 0 Å². The molecule has 26 heavy (non-hydrogen) atoms. The fourth-order valence-corrected chi connectivity index (χ4v) is 5.48. The number of aromatic nitrogens is 2. The molecule has 2 nitrogen and oxygen atoms in total. The number of benzene rings is 2. The lowest BCUT2D eigenvalue weighted by atomic mass is 9.52. The summed E-state index contributed by atoms with van der Waals surface area (Å²) >= 11 is 0. The van der Waals surface area contributed by atoms with E-state index >= 15 is 0 Å². The normalized spacial score (nSPS) is 25.7. The molecule has 0 aliphatic heterocycles. The van der Waals surface area contributed by atoms with Crippen LogP contribution in [0.4, 0.5) is 0 Å². The van der Waals surface area contributed by atoms with Gasteiger partial charge in [0.05, 0.1) is 0 Å². The molecule has 0 bridgehead atoms. The van der Waals surface area contributed by atoms with Crippen molar-refractivity contribution in [3.8, 4) is 0 Å². The predicted molar refractivity (Wildman–Crippen MR) is 103 cm³/mol. The van der Waals surface area contributed by atoms with Crippen LogP contribution in [-0.4, -0.2) is 9.97 Å². The molecule has 0 amide bonds. The zero-order chi connectivity index (χ0) is 17.1. The zero-order valence-corrected chi connectivity index (χ0v) is 14.3. The van der Waals surface area contributed by atoms with Gasteiger partial charge in [-0.3, -0.25) is 9.97 Å². The Kier molecular flexibility index (Phi) is 2.87. The summed E-state index contributed by atoms with van der Waals surface area (Å²) < 4.78 is 0. The summed E-state index contributed by atoms with van der Waals surface area (Å²) in [5.74, 6) is 2.08. The van der Waals surface area contributed by atoms with Crippen LogP contribution >= 0.6 is 0 Å². The van der Waals surface area contributed by atoms with E-state index in [9.17, 15) is 0 Å². The summed E-state index contributed by atoms with van der Waals surface area (Å²) in [6.07, 6.45) is 7.70.